The number of aromatic nitrogens is 2. The lowest BCUT2D eigenvalue weighted by atomic mass is 10.3. The zero-order valence-electron chi connectivity index (χ0n) is 7.12. The van der Waals surface area contributed by atoms with Gasteiger partial charge in [-0.3, -0.25) is 0 Å². The minimum absolute atomic E-state index is 0.172. The van der Waals surface area contributed by atoms with E-state index < -0.39 is 0 Å². The van der Waals surface area contributed by atoms with E-state index in [4.69, 9.17) is 4.74 Å². The highest BCUT2D eigenvalue weighted by molar-refractivity contribution is 9.10. The largest absolute Gasteiger partial charge is 0.460 e. The Morgan fingerprint density at radius 1 is 1.50 bits per heavy atom. The lowest BCUT2D eigenvalue weighted by Crippen LogP contribution is -2.11. The van der Waals surface area contributed by atoms with E-state index in [9.17, 15) is 0 Å². The van der Waals surface area contributed by atoms with Crippen LogP contribution < -0.4 is 4.74 Å². The summed E-state index contributed by atoms with van der Waals surface area (Å²) in [6, 6.07) is 0.438. The Kier molecular flexibility index (Phi) is 3.47. The molecule has 0 saturated carbocycles. The predicted octanol–water partition coefficient (Wildman–Crippen LogP) is 2.42. The topological polar surface area (TPSA) is 35.0 Å². The minimum Gasteiger partial charge on any atom is -0.460 e. The first-order valence-electron chi connectivity index (χ1n) is 3.86. The molecule has 0 spiro atoms. The molecular formula is C8H11BrN2O. The second-order valence-electron chi connectivity index (χ2n) is 2.52. The molecule has 0 aliphatic heterocycles. The Bertz CT molecular complexity index is 237. The van der Waals surface area contributed by atoms with Crippen molar-refractivity contribution in [3.05, 3.63) is 16.9 Å². The van der Waals surface area contributed by atoms with Crippen LogP contribution in [0.25, 0.3) is 0 Å². The molecule has 0 amide bonds. The van der Waals surface area contributed by atoms with Crippen LogP contribution >= 0.6 is 15.9 Å². The maximum Gasteiger partial charge on any atom is 0.316 e. The number of hydrogen-bond acceptors (Lipinski definition) is 3. The Labute approximate surface area is 80.3 Å². The van der Waals surface area contributed by atoms with E-state index in [1.807, 2.05) is 6.92 Å². The third-order valence-corrected chi connectivity index (χ3v) is 1.89. The number of rotatable bonds is 3. The van der Waals surface area contributed by atoms with Gasteiger partial charge in [0, 0.05) is 12.4 Å². The molecular weight excluding hydrogens is 220 g/mol. The lowest BCUT2D eigenvalue weighted by molar-refractivity contribution is 0.199. The molecule has 1 unspecified atom stereocenters. The summed E-state index contributed by atoms with van der Waals surface area (Å²) in [5, 5.41) is 0. The van der Waals surface area contributed by atoms with Gasteiger partial charge >= 0.3 is 6.01 Å². The molecule has 3 nitrogen and oxygen atoms in total. The average molecular weight is 231 g/mol. The molecule has 0 fully saturated rings. The molecule has 0 aromatic carbocycles. The highest BCUT2D eigenvalue weighted by atomic mass is 79.9. The first-order valence-corrected chi connectivity index (χ1v) is 4.66. The minimum atomic E-state index is 0.172. The summed E-state index contributed by atoms with van der Waals surface area (Å²) in [6.45, 7) is 4.05. The van der Waals surface area contributed by atoms with Gasteiger partial charge in [-0.1, -0.05) is 6.92 Å². The van der Waals surface area contributed by atoms with E-state index in [0.29, 0.717) is 6.01 Å². The van der Waals surface area contributed by atoms with Gasteiger partial charge < -0.3 is 4.74 Å². The normalized spacial score (nSPS) is 12.6. The van der Waals surface area contributed by atoms with Crippen LogP contribution in [0.3, 0.4) is 0 Å². The van der Waals surface area contributed by atoms with Gasteiger partial charge in [-0.2, -0.15) is 0 Å². The van der Waals surface area contributed by atoms with Crippen LogP contribution in [0.4, 0.5) is 0 Å². The highest BCUT2D eigenvalue weighted by Crippen LogP contribution is 2.10. The fourth-order valence-electron chi connectivity index (χ4n) is 0.625. The van der Waals surface area contributed by atoms with Gasteiger partial charge in [0.15, 0.2) is 0 Å². The quantitative estimate of drug-likeness (QED) is 0.801. The zero-order valence-corrected chi connectivity index (χ0v) is 8.71. The fraction of sp³-hybridized carbons (Fsp3) is 0.500. The Balaban J connectivity index is 2.58. The Morgan fingerprint density at radius 2 is 2.08 bits per heavy atom. The summed E-state index contributed by atoms with van der Waals surface area (Å²) in [5.74, 6) is 0. The maximum atomic E-state index is 5.38. The van der Waals surface area contributed by atoms with Crippen molar-refractivity contribution in [2.24, 2.45) is 0 Å². The van der Waals surface area contributed by atoms with E-state index in [1.54, 1.807) is 12.4 Å². The van der Waals surface area contributed by atoms with Crippen LogP contribution in [0.5, 0.6) is 6.01 Å². The van der Waals surface area contributed by atoms with Crippen LogP contribution in [0.2, 0.25) is 0 Å². The Hall–Kier alpha value is -0.640. The average Bonchev–Trinajstić information content (AvgIpc) is 2.09. The van der Waals surface area contributed by atoms with Crippen LogP contribution in [-0.2, 0) is 0 Å². The smallest absolute Gasteiger partial charge is 0.316 e. The lowest BCUT2D eigenvalue weighted by Gasteiger charge is -2.09. The molecule has 0 bridgehead atoms. The zero-order chi connectivity index (χ0) is 8.97. The third kappa shape index (κ3) is 2.77. The molecule has 0 aliphatic rings. The number of hydrogen-bond donors (Lipinski definition) is 0. The van der Waals surface area contributed by atoms with Gasteiger partial charge in [0.25, 0.3) is 0 Å². The van der Waals surface area contributed by atoms with Crippen LogP contribution in [0.15, 0.2) is 16.9 Å². The van der Waals surface area contributed by atoms with E-state index in [-0.39, 0.29) is 6.10 Å². The molecule has 0 N–H and O–H groups in total. The Morgan fingerprint density at radius 3 is 2.58 bits per heavy atom. The summed E-state index contributed by atoms with van der Waals surface area (Å²) in [7, 11) is 0. The van der Waals surface area contributed by atoms with Crippen LogP contribution in [-0.4, -0.2) is 16.1 Å². The highest BCUT2D eigenvalue weighted by Gasteiger charge is 2.02. The molecule has 1 aromatic rings. The van der Waals surface area contributed by atoms with Gasteiger partial charge in [0.2, 0.25) is 0 Å². The van der Waals surface area contributed by atoms with Crippen molar-refractivity contribution >= 4 is 15.9 Å². The summed E-state index contributed by atoms with van der Waals surface area (Å²) in [5.41, 5.74) is 0. The van der Waals surface area contributed by atoms with Crippen LogP contribution in [0.1, 0.15) is 20.3 Å². The van der Waals surface area contributed by atoms with Gasteiger partial charge in [0.1, 0.15) is 0 Å². The number of halogens is 1. The second-order valence-corrected chi connectivity index (χ2v) is 3.44. The molecule has 1 rings (SSSR count). The monoisotopic (exact) mass is 230 g/mol. The molecule has 1 heterocycles. The first-order chi connectivity index (χ1) is 5.72. The SMILES string of the molecule is CCC(C)Oc1ncc(Br)cn1. The summed E-state index contributed by atoms with van der Waals surface area (Å²) >= 11 is 3.25. The van der Waals surface area contributed by atoms with Crippen molar-refractivity contribution in [1.29, 1.82) is 0 Å². The van der Waals surface area contributed by atoms with Crippen molar-refractivity contribution in [2.45, 2.75) is 26.4 Å². The summed E-state index contributed by atoms with van der Waals surface area (Å²) in [6.07, 6.45) is 4.47. The molecule has 12 heavy (non-hydrogen) atoms. The van der Waals surface area contributed by atoms with Gasteiger partial charge in [-0.15, -0.1) is 0 Å². The van der Waals surface area contributed by atoms with Crippen molar-refractivity contribution in [3.63, 3.8) is 0 Å². The predicted molar refractivity (Wildman–Crippen MR) is 50.1 cm³/mol. The maximum absolute atomic E-state index is 5.38. The van der Waals surface area contributed by atoms with E-state index in [2.05, 4.69) is 32.8 Å². The van der Waals surface area contributed by atoms with E-state index >= 15 is 0 Å². The van der Waals surface area contributed by atoms with Gasteiger partial charge in [-0.05, 0) is 29.3 Å². The third-order valence-electron chi connectivity index (χ3n) is 1.48. The van der Waals surface area contributed by atoms with Crippen molar-refractivity contribution in [3.8, 4) is 6.01 Å². The van der Waals surface area contributed by atoms with Gasteiger partial charge in [-0.25, -0.2) is 9.97 Å². The van der Waals surface area contributed by atoms with Crippen LogP contribution in [0, 0.1) is 0 Å². The second kappa shape index (κ2) is 4.40. The molecule has 66 valence electrons. The van der Waals surface area contributed by atoms with E-state index in [0.717, 1.165) is 10.9 Å². The molecule has 0 saturated heterocycles. The van der Waals surface area contributed by atoms with E-state index in [1.165, 1.54) is 0 Å². The first kappa shape index (κ1) is 9.45. The molecule has 0 radical (unpaired) electrons. The van der Waals surface area contributed by atoms with Crippen molar-refractivity contribution in [2.75, 3.05) is 0 Å². The number of nitrogens with zero attached hydrogens (tertiary/aromatic N) is 2. The molecule has 4 heteroatoms. The number of ether oxygens (including phenoxy) is 1. The summed E-state index contributed by atoms with van der Waals surface area (Å²) in [4.78, 5) is 7.97. The molecule has 1 aromatic heterocycles. The van der Waals surface area contributed by atoms with Gasteiger partial charge in [0.05, 0.1) is 10.6 Å². The standard InChI is InChI=1S/C8H11BrN2O/c1-3-6(2)12-8-10-4-7(9)5-11-8/h4-6H,3H2,1-2H3. The van der Waals surface area contributed by atoms with Crippen molar-refractivity contribution in [1.82, 2.24) is 9.97 Å². The molecule has 1 atom stereocenters. The summed E-state index contributed by atoms with van der Waals surface area (Å²) < 4.78 is 6.24. The fourth-order valence-corrected chi connectivity index (χ4v) is 0.829. The van der Waals surface area contributed by atoms with Crippen molar-refractivity contribution < 1.29 is 4.74 Å². The molecule has 0 aliphatic carbocycles.